The predicted molar refractivity (Wildman–Crippen MR) is 128 cm³/mol. The number of allylic oxidation sites excluding steroid dienone is 4. The molecule has 36 heavy (non-hydrogen) atoms. The lowest BCUT2D eigenvalue weighted by Gasteiger charge is -2.62. The first-order valence-corrected chi connectivity index (χ1v) is 12.7. The Balaban J connectivity index is 1.72. The molecule has 198 valence electrons. The summed E-state index contributed by atoms with van der Waals surface area (Å²) in [6.45, 7) is 9.18. The molecule has 4 aliphatic rings. The summed E-state index contributed by atoms with van der Waals surface area (Å²) >= 11 is 0. The van der Waals surface area contributed by atoms with Crippen LogP contribution in [0.4, 0.5) is 4.39 Å². The van der Waals surface area contributed by atoms with Gasteiger partial charge in [0.25, 0.3) is 0 Å². The van der Waals surface area contributed by atoms with Gasteiger partial charge < -0.3 is 14.6 Å². The molecule has 3 saturated carbocycles. The van der Waals surface area contributed by atoms with Gasteiger partial charge in [-0.05, 0) is 77.9 Å². The van der Waals surface area contributed by atoms with Crippen LogP contribution in [-0.4, -0.2) is 52.6 Å². The molecule has 0 heterocycles. The quantitative estimate of drug-likeness (QED) is 0.580. The van der Waals surface area contributed by atoms with Crippen molar-refractivity contribution in [3.8, 4) is 0 Å². The molecule has 0 bridgehead atoms. The maximum absolute atomic E-state index is 17.3. The summed E-state index contributed by atoms with van der Waals surface area (Å²) in [6.07, 6.45) is 4.32. The number of Topliss-reactive ketones (excluding diaryl/α,β-unsaturated/α-hetero) is 1. The number of fused-ring (bicyclic) bond motifs is 5. The van der Waals surface area contributed by atoms with Gasteiger partial charge in [0.15, 0.2) is 23.7 Å². The lowest BCUT2D eigenvalue weighted by atomic mass is 9.44. The van der Waals surface area contributed by atoms with E-state index in [-0.39, 0.29) is 24.5 Å². The minimum Gasteiger partial charge on any atom is -0.457 e. The second-order valence-corrected chi connectivity index (χ2v) is 12.5. The summed E-state index contributed by atoms with van der Waals surface area (Å²) in [5.74, 6) is -2.94. The molecule has 4 rings (SSSR count). The Kier molecular flexibility index (Phi) is 6.18. The van der Waals surface area contributed by atoms with E-state index in [1.807, 2.05) is 0 Å². The molecule has 0 saturated heterocycles. The highest BCUT2D eigenvalue weighted by Crippen LogP contribution is 2.70. The maximum Gasteiger partial charge on any atom is 0.311 e. The summed E-state index contributed by atoms with van der Waals surface area (Å²) in [5.41, 5.74) is -6.04. The summed E-state index contributed by atoms with van der Waals surface area (Å²) in [5, 5.41) is 11.5. The van der Waals surface area contributed by atoms with Gasteiger partial charge in [-0.3, -0.25) is 19.2 Å². The van der Waals surface area contributed by atoms with Crippen molar-refractivity contribution in [2.24, 2.45) is 28.1 Å². The van der Waals surface area contributed by atoms with Crippen molar-refractivity contribution >= 4 is 23.5 Å². The van der Waals surface area contributed by atoms with Crippen LogP contribution in [0.25, 0.3) is 0 Å². The third-order valence-electron chi connectivity index (χ3n) is 9.48. The SMILES string of the molecule is CC(=O)O[C@]1(C(=O)COC(=O)C(C)(C)C)CC[C@H]2[C@@H]3CCC4=CC(=O)C=C[C@]4(C)[C@@]3(F)[C@@H](O)C[C@@]21C. The zero-order valence-electron chi connectivity index (χ0n) is 22.0. The Morgan fingerprint density at radius 2 is 1.83 bits per heavy atom. The van der Waals surface area contributed by atoms with E-state index in [4.69, 9.17) is 9.47 Å². The number of aliphatic hydroxyl groups is 1. The smallest absolute Gasteiger partial charge is 0.311 e. The second-order valence-electron chi connectivity index (χ2n) is 12.5. The van der Waals surface area contributed by atoms with Crippen molar-refractivity contribution < 1.29 is 38.1 Å². The second kappa shape index (κ2) is 8.33. The number of hydrogen-bond donors (Lipinski definition) is 1. The highest BCUT2D eigenvalue weighted by Gasteiger charge is 2.75. The van der Waals surface area contributed by atoms with Gasteiger partial charge in [-0.25, -0.2) is 4.39 Å². The molecule has 1 N–H and O–H groups in total. The van der Waals surface area contributed by atoms with Crippen LogP contribution in [0.2, 0.25) is 0 Å². The summed E-state index contributed by atoms with van der Waals surface area (Å²) < 4.78 is 28.3. The lowest BCUT2D eigenvalue weighted by Crippen LogP contribution is -2.69. The minimum atomic E-state index is -2.05. The zero-order chi connectivity index (χ0) is 26.9. The third-order valence-corrected chi connectivity index (χ3v) is 9.48. The number of alkyl halides is 1. The van der Waals surface area contributed by atoms with E-state index in [0.717, 1.165) is 0 Å². The molecular weight excluding hydrogens is 467 g/mol. The summed E-state index contributed by atoms with van der Waals surface area (Å²) in [4.78, 5) is 50.3. The number of rotatable bonds is 4. The molecular formula is C28H37FO7. The molecule has 0 aromatic heterocycles. The molecule has 7 atom stereocenters. The average molecular weight is 505 g/mol. The van der Waals surface area contributed by atoms with Gasteiger partial charge in [-0.1, -0.05) is 18.6 Å². The minimum absolute atomic E-state index is 0.110. The average Bonchev–Trinajstić information content (AvgIpc) is 3.05. The largest absolute Gasteiger partial charge is 0.457 e. The molecule has 4 aliphatic carbocycles. The number of aliphatic hydroxyl groups excluding tert-OH is 1. The number of ether oxygens (including phenoxy) is 2. The van der Waals surface area contributed by atoms with Crippen molar-refractivity contribution in [1.82, 2.24) is 0 Å². The Morgan fingerprint density at radius 3 is 2.44 bits per heavy atom. The molecule has 0 aromatic carbocycles. The first-order valence-electron chi connectivity index (χ1n) is 12.7. The lowest BCUT2D eigenvalue weighted by molar-refractivity contribution is -0.225. The van der Waals surface area contributed by atoms with Gasteiger partial charge >= 0.3 is 11.9 Å². The van der Waals surface area contributed by atoms with Crippen LogP contribution in [0.5, 0.6) is 0 Å². The van der Waals surface area contributed by atoms with Crippen LogP contribution < -0.4 is 0 Å². The van der Waals surface area contributed by atoms with Gasteiger partial charge in [0.1, 0.15) is 0 Å². The zero-order valence-corrected chi connectivity index (χ0v) is 22.0. The fourth-order valence-corrected chi connectivity index (χ4v) is 7.59. The van der Waals surface area contributed by atoms with Crippen molar-refractivity contribution in [3.05, 3.63) is 23.8 Å². The number of ketones is 2. The first kappa shape index (κ1) is 26.7. The molecule has 0 unspecified atom stereocenters. The van der Waals surface area contributed by atoms with E-state index in [2.05, 4.69) is 0 Å². The third kappa shape index (κ3) is 3.54. The molecule has 0 aliphatic heterocycles. The topological polar surface area (TPSA) is 107 Å². The molecule has 0 radical (unpaired) electrons. The van der Waals surface area contributed by atoms with Gasteiger partial charge in [0, 0.05) is 23.7 Å². The molecule has 3 fully saturated rings. The molecule has 7 nitrogen and oxygen atoms in total. The normalized spacial score (nSPS) is 41.5. The van der Waals surface area contributed by atoms with E-state index in [0.29, 0.717) is 24.8 Å². The Hall–Kier alpha value is -2.35. The van der Waals surface area contributed by atoms with Crippen molar-refractivity contribution in [2.45, 2.75) is 91.0 Å². The molecule has 8 heteroatoms. The number of hydrogen-bond acceptors (Lipinski definition) is 7. The van der Waals surface area contributed by atoms with Crippen LogP contribution in [-0.2, 0) is 28.7 Å². The predicted octanol–water partition coefficient (Wildman–Crippen LogP) is 3.82. The summed E-state index contributed by atoms with van der Waals surface area (Å²) in [6, 6.07) is 0. The number of halogens is 1. The van der Waals surface area contributed by atoms with Gasteiger partial charge in [0.2, 0.25) is 5.78 Å². The fraction of sp³-hybridized carbons (Fsp3) is 0.714. The number of carbonyl (C=O) groups is 4. The maximum atomic E-state index is 17.3. The Labute approximate surface area is 211 Å². The van der Waals surface area contributed by atoms with Crippen LogP contribution in [0, 0.1) is 28.1 Å². The van der Waals surface area contributed by atoms with Gasteiger partial charge in [-0.2, -0.15) is 0 Å². The van der Waals surface area contributed by atoms with E-state index >= 15 is 4.39 Å². The highest BCUT2D eigenvalue weighted by atomic mass is 19.1. The molecule has 0 amide bonds. The number of carbonyl (C=O) groups excluding carboxylic acids is 4. The Bertz CT molecular complexity index is 1070. The van der Waals surface area contributed by atoms with E-state index < -0.39 is 63.9 Å². The molecule has 0 aromatic rings. The van der Waals surface area contributed by atoms with Crippen molar-refractivity contribution in [2.75, 3.05) is 6.61 Å². The van der Waals surface area contributed by atoms with E-state index in [1.165, 1.54) is 19.1 Å². The Morgan fingerprint density at radius 1 is 1.17 bits per heavy atom. The van der Waals surface area contributed by atoms with E-state index in [9.17, 15) is 24.3 Å². The molecule has 0 spiro atoms. The van der Waals surface area contributed by atoms with Gasteiger partial charge in [-0.15, -0.1) is 0 Å². The van der Waals surface area contributed by atoms with Crippen molar-refractivity contribution in [3.63, 3.8) is 0 Å². The van der Waals surface area contributed by atoms with E-state index in [1.54, 1.807) is 40.7 Å². The monoisotopic (exact) mass is 504 g/mol. The first-order chi connectivity index (χ1) is 16.5. The number of esters is 2. The van der Waals surface area contributed by atoms with Crippen LogP contribution >= 0.6 is 0 Å². The highest BCUT2D eigenvalue weighted by molar-refractivity contribution is 6.01. The van der Waals surface area contributed by atoms with Crippen LogP contribution in [0.15, 0.2) is 23.8 Å². The van der Waals surface area contributed by atoms with Crippen LogP contribution in [0.1, 0.15) is 73.6 Å². The van der Waals surface area contributed by atoms with Crippen molar-refractivity contribution in [1.29, 1.82) is 0 Å². The fourth-order valence-electron chi connectivity index (χ4n) is 7.59. The standard InChI is InChI=1S/C28H37FO7/c1-16(30)36-27(22(33)15-35-23(34)24(2,3)4)12-10-19-20-8-7-17-13-18(31)9-11-25(17,5)28(20,29)21(32)14-26(19,27)6/h9,11,13,19-21,32H,7-8,10,12,14-15H2,1-6H3/t19-,20-,21-,25-,26-,27-,28-/m0/s1. The van der Waals surface area contributed by atoms with Gasteiger partial charge in [0.05, 0.1) is 11.5 Å². The van der Waals surface area contributed by atoms with Crippen LogP contribution in [0.3, 0.4) is 0 Å². The summed E-state index contributed by atoms with van der Waals surface area (Å²) in [7, 11) is 0.